The number of benzene rings is 1. The number of fused-ring (bicyclic) bond motifs is 3. The number of allylic oxidation sites excluding steroid dienone is 1. The minimum Gasteiger partial charge on any atom is -0.469 e. The summed E-state index contributed by atoms with van der Waals surface area (Å²) >= 11 is 0. The molecule has 2 N–H and O–H groups in total. The number of hydrogen-bond acceptors (Lipinski definition) is 7. The molecular weight excluding hydrogens is 424 g/mol. The smallest absolute Gasteiger partial charge is 0.341 e. The summed E-state index contributed by atoms with van der Waals surface area (Å²) in [5, 5.41) is 0. The van der Waals surface area contributed by atoms with Crippen molar-refractivity contribution in [2.75, 3.05) is 18.1 Å². The van der Waals surface area contributed by atoms with Crippen LogP contribution < -0.4 is 10.6 Å². The Balaban J connectivity index is 1.78. The Morgan fingerprint density at radius 3 is 2.67 bits per heavy atom. The topological polar surface area (TPSA) is 112 Å². The second kappa shape index (κ2) is 7.65. The number of hydrogen-bond donors (Lipinski definition) is 1. The number of furan rings is 1. The number of amides is 1. The van der Waals surface area contributed by atoms with Crippen molar-refractivity contribution < 1.29 is 28.3 Å². The van der Waals surface area contributed by atoms with Crippen LogP contribution in [-0.2, 0) is 29.3 Å². The molecule has 1 aliphatic carbocycles. The highest BCUT2D eigenvalue weighted by molar-refractivity contribution is 6.23. The van der Waals surface area contributed by atoms with E-state index in [9.17, 15) is 14.4 Å². The molecule has 0 saturated carbocycles. The minimum atomic E-state index is -1.71. The Hall–Kier alpha value is -3.81. The largest absolute Gasteiger partial charge is 0.469 e. The molecule has 0 unspecified atom stereocenters. The van der Waals surface area contributed by atoms with E-state index in [0.29, 0.717) is 35.7 Å². The van der Waals surface area contributed by atoms with Crippen molar-refractivity contribution in [3.05, 3.63) is 76.8 Å². The lowest BCUT2D eigenvalue weighted by molar-refractivity contribution is -0.141. The van der Waals surface area contributed by atoms with Crippen molar-refractivity contribution in [2.24, 2.45) is 5.73 Å². The summed E-state index contributed by atoms with van der Waals surface area (Å²) in [4.78, 5) is 42.6. The van der Waals surface area contributed by atoms with Crippen LogP contribution in [0.2, 0.25) is 0 Å². The van der Waals surface area contributed by atoms with Gasteiger partial charge in [0.2, 0.25) is 11.8 Å². The summed E-state index contributed by atoms with van der Waals surface area (Å²) in [6.45, 7) is 3.95. The summed E-state index contributed by atoms with van der Waals surface area (Å²) in [6.07, 6.45) is 1.99. The van der Waals surface area contributed by atoms with E-state index < -0.39 is 17.3 Å². The molecule has 0 fully saturated rings. The van der Waals surface area contributed by atoms with Crippen LogP contribution in [-0.4, -0.2) is 30.8 Å². The Morgan fingerprint density at radius 2 is 1.97 bits per heavy atom. The van der Waals surface area contributed by atoms with Crippen LogP contribution in [0.3, 0.4) is 0 Å². The van der Waals surface area contributed by atoms with Crippen molar-refractivity contribution in [2.45, 2.75) is 38.0 Å². The van der Waals surface area contributed by atoms with Crippen molar-refractivity contribution >= 4 is 23.3 Å². The van der Waals surface area contributed by atoms with E-state index in [4.69, 9.17) is 19.6 Å². The van der Waals surface area contributed by atoms with Gasteiger partial charge in [0, 0.05) is 36.6 Å². The van der Waals surface area contributed by atoms with E-state index in [2.05, 4.69) is 0 Å². The molecule has 33 heavy (non-hydrogen) atoms. The van der Waals surface area contributed by atoms with Gasteiger partial charge in [0.1, 0.15) is 22.5 Å². The molecule has 1 aromatic heterocycles. The van der Waals surface area contributed by atoms with E-state index in [-0.39, 0.29) is 41.8 Å². The van der Waals surface area contributed by atoms with Gasteiger partial charge in [-0.3, -0.25) is 9.59 Å². The summed E-state index contributed by atoms with van der Waals surface area (Å²) in [7, 11) is 0. The molecule has 2 atom stereocenters. The predicted octanol–water partition coefficient (Wildman–Crippen LogP) is 3.05. The molecule has 2 aliphatic heterocycles. The molecule has 5 rings (SSSR count). The van der Waals surface area contributed by atoms with Gasteiger partial charge in [-0.05, 0) is 32.0 Å². The number of para-hydroxylation sites is 1. The predicted molar refractivity (Wildman–Crippen MR) is 118 cm³/mol. The fourth-order valence-corrected chi connectivity index (χ4v) is 5.32. The van der Waals surface area contributed by atoms with Crippen LogP contribution in [0, 0.1) is 0 Å². The Kier molecular flexibility index (Phi) is 4.88. The number of rotatable bonds is 4. The SMILES string of the molecule is CCOC(=O)C1=C(N)OC2=C(C(=O)C[C@@H](c3ccco3)C2)[C@@]12C(=O)N(CC)c1ccccc12. The van der Waals surface area contributed by atoms with Crippen LogP contribution >= 0.6 is 0 Å². The maximum atomic E-state index is 14.1. The Morgan fingerprint density at radius 1 is 1.18 bits per heavy atom. The molecule has 170 valence electrons. The standard InChI is InChI=1S/C25H24N2O6/c1-3-27-16-9-6-5-8-15(16)25(24(27)30)20-17(28)12-14(18-10-7-11-32-18)13-19(20)33-22(26)21(25)23(29)31-4-2/h5-11,14H,3-4,12-13,26H2,1-2H3/t14-,25-/m1/s1. The number of carbonyl (C=O) groups excluding carboxylic acids is 3. The zero-order valence-corrected chi connectivity index (χ0v) is 18.4. The highest BCUT2D eigenvalue weighted by Gasteiger charge is 2.64. The van der Waals surface area contributed by atoms with Gasteiger partial charge in [-0.1, -0.05) is 18.2 Å². The lowest BCUT2D eigenvalue weighted by Gasteiger charge is -2.40. The molecule has 1 amide bonds. The van der Waals surface area contributed by atoms with E-state index in [1.807, 2.05) is 13.0 Å². The molecule has 0 saturated heterocycles. The summed E-state index contributed by atoms with van der Waals surface area (Å²) in [5.41, 5.74) is 5.79. The van der Waals surface area contributed by atoms with Gasteiger partial charge in [-0.15, -0.1) is 0 Å². The van der Waals surface area contributed by atoms with E-state index in [0.717, 1.165) is 0 Å². The third kappa shape index (κ3) is 2.79. The monoisotopic (exact) mass is 448 g/mol. The van der Waals surface area contributed by atoms with Crippen LogP contribution in [0.4, 0.5) is 5.69 Å². The van der Waals surface area contributed by atoms with Crippen LogP contribution in [0.5, 0.6) is 0 Å². The molecule has 0 bridgehead atoms. The molecular formula is C25H24N2O6. The molecule has 8 nitrogen and oxygen atoms in total. The lowest BCUT2D eigenvalue weighted by atomic mass is 9.63. The van der Waals surface area contributed by atoms with Crippen LogP contribution in [0.15, 0.2) is 69.9 Å². The van der Waals surface area contributed by atoms with E-state index in [1.165, 1.54) is 0 Å². The van der Waals surface area contributed by atoms with Crippen molar-refractivity contribution in [1.82, 2.24) is 0 Å². The van der Waals surface area contributed by atoms with Gasteiger partial charge in [-0.25, -0.2) is 4.79 Å². The molecule has 0 radical (unpaired) electrons. The fourth-order valence-electron chi connectivity index (χ4n) is 5.32. The number of nitrogens with zero attached hydrogens (tertiary/aromatic N) is 1. The van der Waals surface area contributed by atoms with Gasteiger partial charge >= 0.3 is 5.97 Å². The fraction of sp³-hybridized carbons (Fsp3) is 0.320. The average molecular weight is 448 g/mol. The number of Topliss-reactive ketones (excluding diaryl/α,β-unsaturated/α-hetero) is 1. The van der Waals surface area contributed by atoms with Gasteiger partial charge in [0.05, 0.1) is 18.4 Å². The summed E-state index contributed by atoms with van der Waals surface area (Å²) in [6, 6.07) is 10.7. The number of nitrogens with two attached hydrogens (primary N) is 1. The Bertz CT molecular complexity index is 1230. The van der Waals surface area contributed by atoms with Crippen molar-refractivity contribution in [3.8, 4) is 0 Å². The first-order valence-electron chi connectivity index (χ1n) is 11.0. The van der Waals surface area contributed by atoms with Crippen molar-refractivity contribution in [3.63, 3.8) is 0 Å². The first-order valence-corrected chi connectivity index (χ1v) is 11.0. The number of esters is 1. The van der Waals surface area contributed by atoms with Gasteiger partial charge in [-0.2, -0.15) is 0 Å². The zero-order chi connectivity index (χ0) is 23.3. The van der Waals surface area contributed by atoms with Gasteiger partial charge < -0.3 is 24.5 Å². The molecule has 8 heteroatoms. The maximum absolute atomic E-state index is 14.1. The number of ether oxygens (including phenoxy) is 2. The maximum Gasteiger partial charge on any atom is 0.341 e. The number of ketones is 1. The molecule has 3 aliphatic rings. The second-order valence-electron chi connectivity index (χ2n) is 8.22. The van der Waals surface area contributed by atoms with Crippen LogP contribution in [0.25, 0.3) is 0 Å². The first-order chi connectivity index (χ1) is 15.9. The minimum absolute atomic E-state index is 0.0828. The normalized spacial score (nSPS) is 24.2. The number of carbonyl (C=O) groups is 3. The molecule has 1 aromatic carbocycles. The van der Waals surface area contributed by atoms with E-state index in [1.54, 1.807) is 48.4 Å². The van der Waals surface area contributed by atoms with Gasteiger partial charge in [0.25, 0.3) is 0 Å². The molecule has 2 aromatic rings. The molecule has 1 spiro atoms. The van der Waals surface area contributed by atoms with Crippen LogP contribution in [0.1, 0.15) is 43.9 Å². The number of anilines is 1. The van der Waals surface area contributed by atoms with Crippen molar-refractivity contribution in [1.29, 1.82) is 0 Å². The van der Waals surface area contributed by atoms with E-state index >= 15 is 0 Å². The quantitative estimate of drug-likeness (QED) is 0.716. The lowest BCUT2D eigenvalue weighted by Crippen LogP contribution is -2.51. The third-order valence-corrected chi connectivity index (χ3v) is 6.56. The Labute approximate surface area is 190 Å². The van der Waals surface area contributed by atoms with Gasteiger partial charge in [0.15, 0.2) is 5.78 Å². The number of likely N-dealkylation sites (N-methyl/N-ethyl adjacent to an activating group) is 1. The highest BCUT2D eigenvalue weighted by atomic mass is 16.5. The zero-order valence-electron chi connectivity index (χ0n) is 18.4. The third-order valence-electron chi connectivity index (χ3n) is 6.56. The molecule has 3 heterocycles. The highest BCUT2D eigenvalue weighted by Crippen LogP contribution is 2.57. The summed E-state index contributed by atoms with van der Waals surface area (Å²) < 4.78 is 16.7. The first kappa shape index (κ1) is 21.1. The average Bonchev–Trinajstić information content (AvgIpc) is 3.40. The second-order valence-corrected chi connectivity index (χ2v) is 8.22. The summed E-state index contributed by atoms with van der Waals surface area (Å²) in [5.74, 6) is -0.996.